The second kappa shape index (κ2) is 6.52. The summed E-state index contributed by atoms with van der Waals surface area (Å²) in [6.45, 7) is 0.358. The van der Waals surface area contributed by atoms with Crippen molar-refractivity contribution in [2.24, 2.45) is 0 Å². The first-order valence-electron chi connectivity index (χ1n) is 7.43. The van der Waals surface area contributed by atoms with Gasteiger partial charge in [-0.1, -0.05) is 48.5 Å². The quantitative estimate of drug-likeness (QED) is 0.911. The zero-order chi connectivity index (χ0) is 16.3. The molecule has 1 amide bonds. The number of para-hydroxylation sites is 1. The van der Waals surface area contributed by atoms with Crippen LogP contribution in [0.3, 0.4) is 0 Å². The van der Waals surface area contributed by atoms with E-state index in [4.69, 9.17) is 0 Å². The van der Waals surface area contributed by atoms with Gasteiger partial charge in [0.25, 0.3) is 0 Å². The van der Waals surface area contributed by atoms with Crippen LogP contribution in [0, 0.1) is 0 Å². The molecule has 1 heterocycles. The van der Waals surface area contributed by atoms with Crippen LogP contribution < -0.4 is 9.62 Å². The van der Waals surface area contributed by atoms with E-state index in [0.717, 1.165) is 11.3 Å². The van der Waals surface area contributed by atoms with Crippen molar-refractivity contribution < 1.29 is 13.2 Å². The van der Waals surface area contributed by atoms with Gasteiger partial charge in [0.1, 0.15) is 0 Å². The number of nitrogens with one attached hydrogen (secondary N) is 1. The van der Waals surface area contributed by atoms with E-state index >= 15 is 0 Å². The van der Waals surface area contributed by atoms with Crippen LogP contribution in [0.2, 0.25) is 0 Å². The molecule has 1 fully saturated rings. The molecule has 6 heteroatoms. The Morgan fingerprint density at radius 3 is 2.26 bits per heavy atom. The third-order valence-electron chi connectivity index (χ3n) is 3.74. The Bertz CT molecular complexity index is 776. The Balaban J connectivity index is 1.66. The monoisotopic (exact) mass is 330 g/mol. The predicted octanol–water partition coefficient (Wildman–Crippen LogP) is 1.91. The van der Waals surface area contributed by atoms with Crippen LogP contribution in [-0.2, 0) is 20.6 Å². The molecule has 1 atom stereocenters. The van der Waals surface area contributed by atoms with Crippen LogP contribution in [-0.4, -0.2) is 26.9 Å². The van der Waals surface area contributed by atoms with Crippen LogP contribution in [0.4, 0.5) is 5.69 Å². The maximum atomic E-state index is 12.3. The van der Waals surface area contributed by atoms with E-state index in [1.807, 2.05) is 36.4 Å². The number of carbonyl (C=O) groups excluding carboxylic acids is 1. The molecule has 1 saturated heterocycles. The fraction of sp³-hybridized carbons (Fsp3) is 0.235. The summed E-state index contributed by atoms with van der Waals surface area (Å²) in [5, 5.41) is 0. The van der Waals surface area contributed by atoms with E-state index in [1.54, 1.807) is 29.2 Å². The number of benzene rings is 2. The summed E-state index contributed by atoms with van der Waals surface area (Å²) in [6.07, 6.45) is 0.183. The maximum absolute atomic E-state index is 12.3. The van der Waals surface area contributed by atoms with Gasteiger partial charge in [-0.2, -0.15) is 0 Å². The standard InChI is InChI=1S/C17H18N2O3S/c20-17-11-15(12-19(17)16-9-5-2-6-10-16)18-23(21,22)13-14-7-3-1-4-8-14/h1-10,15,18H,11-13H2. The Labute approximate surface area is 136 Å². The lowest BCUT2D eigenvalue weighted by Gasteiger charge is -2.17. The Morgan fingerprint density at radius 2 is 1.61 bits per heavy atom. The van der Waals surface area contributed by atoms with Gasteiger partial charge in [0.05, 0.1) is 5.75 Å². The van der Waals surface area contributed by atoms with Gasteiger partial charge < -0.3 is 4.90 Å². The summed E-state index contributed by atoms with van der Waals surface area (Å²) < 4.78 is 27.2. The lowest BCUT2D eigenvalue weighted by molar-refractivity contribution is -0.117. The van der Waals surface area contributed by atoms with Gasteiger partial charge >= 0.3 is 0 Å². The topological polar surface area (TPSA) is 66.5 Å². The van der Waals surface area contributed by atoms with Crippen molar-refractivity contribution in [3.8, 4) is 0 Å². The van der Waals surface area contributed by atoms with Gasteiger partial charge in [-0.05, 0) is 17.7 Å². The van der Waals surface area contributed by atoms with Crippen LogP contribution >= 0.6 is 0 Å². The van der Waals surface area contributed by atoms with E-state index < -0.39 is 16.1 Å². The first-order valence-corrected chi connectivity index (χ1v) is 9.08. The van der Waals surface area contributed by atoms with Gasteiger partial charge in [-0.15, -0.1) is 0 Å². The Kier molecular flexibility index (Phi) is 4.45. The summed E-state index contributed by atoms with van der Waals surface area (Å²) in [7, 11) is -3.48. The van der Waals surface area contributed by atoms with Gasteiger partial charge in [-0.25, -0.2) is 13.1 Å². The van der Waals surface area contributed by atoms with E-state index in [9.17, 15) is 13.2 Å². The lowest BCUT2D eigenvalue weighted by Crippen LogP contribution is -2.37. The van der Waals surface area contributed by atoms with Gasteiger partial charge in [-0.3, -0.25) is 4.79 Å². The van der Waals surface area contributed by atoms with Crippen molar-refractivity contribution in [3.63, 3.8) is 0 Å². The average Bonchev–Trinajstić information content (AvgIpc) is 2.88. The number of nitrogens with zero attached hydrogens (tertiary/aromatic N) is 1. The van der Waals surface area contributed by atoms with Gasteiger partial charge in [0.15, 0.2) is 0 Å². The highest BCUT2D eigenvalue weighted by Crippen LogP contribution is 2.21. The zero-order valence-corrected chi connectivity index (χ0v) is 13.4. The number of hydrogen-bond acceptors (Lipinski definition) is 3. The normalized spacial score (nSPS) is 18.3. The fourth-order valence-electron chi connectivity index (χ4n) is 2.73. The number of hydrogen-bond donors (Lipinski definition) is 1. The van der Waals surface area contributed by atoms with Crippen LogP contribution in [0.15, 0.2) is 60.7 Å². The fourth-order valence-corrected chi connectivity index (χ4v) is 4.11. The van der Waals surface area contributed by atoms with Crippen molar-refractivity contribution in [1.82, 2.24) is 4.72 Å². The van der Waals surface area contributed by atoms with Crippen LogP contribution in [0.1, 0.15) is 12.0 Å². The molecule has 0 saturated carbocycles. The Morgan fingerprint density at radius 1 is 1.00 bits per heavy atom. The second-order valence-corrected chi connectivity index (χ2v) is 7.36. The molecule has 23 heavy (non-hydrogen) atoms. The molecule has 0 spiro atoms. The molecule has 0 radical (unpaired) electrons. The zero-order valence-electron chi connectivity index (χ0n) is 12.6. The van der Waals surface area contributed by atoms with Crippen LogP contribution in [0.25, 0.3) is 0 Å². The largest absolute Gasteiger partial charge is 0.311 e. The van der Waals surface area contributed by atoms with Crippen molar-refractivity contribution in [1.29, 1.82) is 0 Å². The highest BCUT2D eigenvalue weighted by Gasteiger charge is 2.33. The molecule has 1 unspecified atom stereocenters. The number of carbonyl (C=O) groups is 1. The molecule has 0 aliphatic carbocycles. The number of amides is 1. The molecular weight excluding hydrogens is 312 g/mol. The summed E-state index contributed by atoms with van der Waals surface area (Å²) in [6, 6.07) is 17.9. The van der Waals surface area contributed by atoms with E-state index in [1.165, 1.54) is 0 Å². The minimum absolute atomic E-state index is 0.0661. The minimum Gasteiger partial charge on any atom is -0.311 e. The first kappa shape index (κ1) is 15.7. The van der Waals surface area contributed by atoms with Crippen molar-refractivity contribution >= 4 is 21.6 Å². The molecule has 2 aromatic rings. The first-order chi connectivity index (χ1) is 11.0. The summed E-state index contributed by atoms with van der Waals surface area (Å²) in [5.74, 6) is -0.146. The molecule has 3 rings (SSSR count). The smallest absolute Gasteiger partial charge is 0.228 e. The molecule has 0 aromatic heterocycles. The lowest BCUT2D eigenvalue weighted by atomic mass is 10.2. The highest BCUT2D eigenvalue weighted by molar-refractivity contribution is 7.88. The molecule has 1 aliphatic heterocycles. The SMILES string of the molecule is O=C1CC(NS(=O)(=O)Cc2ccccc2)CN1c1ccccc1. The van der Waals surface area contributed by atoms with Crippen molar-refractivity contribution in [2.75, 3.05) is 11.4 Å². The third-order valence-corrected chi connectivity index (χ3v) is 5.14. The van der Waals surface area contributed by atoms with E-state index in [0.29, 0.717) is 6.54 Å². The summed E-state index contributed by atoms with van der Waals surface area (Å²) in [5.41, 5.74) is 1.52. The number of rotatable bonds is 5. The molecule has 1 N–H and O–H groups in total. The number of anilines is 1. The molecule has 120 valence electrons. The molecular formula is C17H18N2O3S. The second-order valence-electron chi connectivity index (χ2n) is 5.60. The third kappa shape index (κ3) is 3.97. The summed E-state index contributed by atoms with van der Waals surface area (Å²) in [4.78, 5) is 13.7. The van der Waals surface area contributed by atoms with Crippen molar-refractivity contribution in [2.45, 2.75) is 18.2 Å². The van der Waals surface area contributed by atoms with E-state index in [-0.39, 0.29) is 18.1 Å². The highest BCUT2D eigenvalue weighted by atomic mass is 32.2. The summed E-state index contributed by atoms with van der Waals surface area (Å²) >= 11 is 0. The maximum Gasteiger partial charge on any atom is 0.228 e. The number of sulfonamides is 1. The van der Waals surface area contributed by atoms with Gasteiger partial charge in [0, 0.05) is 24.7 Å². The molecule has 1 aliphatic rings. The van der Waals surface area contributed by atoms with Gasteiger partial charge in [0.2, 0.25) is 15.9 Å². The minimum atomic E-state index is -3.48. The molecule has 5 nitrogen and oxygen atoms in total. The van der Waals surface area contributed by atoms with E-state index in [2.05, 4.69) is 4.72 Å². The van der Waals surface area contributed by atoms with Crippen molar-refractivity contribution in [3.05, 3.63) is 66.2 Å². The molecule has 0 bridgehead atoms. The average molecular weight is 330 g/mol. The predicted molar refractivity (Wildman–Crippen MR) is 89.4 cm³/mol. The molecule has 2 aromatic carbocycles. The Hall–Kier alpha value is -2.18. The van der Waals surface area contributed by atoms with Crippen LogP contribution in [0.5, 0.6) is 0 Å².